The van der Waals surface area contributed by atoms with Gasteiger partial charge in [-0.1, -0.05) is 13.0 Å². The van der Waals surface area contributed by atoms with Crippen molar-refractivity contribution in [2.75, 3.05) is 19.7 Å². The van der Waals surface area contributed by atoms with Gasteiger partial charge in [0.1, 0.15) is 0 Å². The molecule has 2 aliphatic rings. The number of aliphatic carboxylic acids is 1. The van der Waals surface area contributed by atoms with Crippen LogP contribution in [0.4, 0.5) is 8.78 Å². The molecule has 0 aromatic carbocycles. The fourth-order valence-electron chi connectivity index (χ4n) is 3.61. The number of alkyl halides is 1. The molecule has 8 heteroatoms. The Morgan fingerprint density at radius 3 is 2.79 bits per heavy atom. The van der Waals surface area contributed by atoms with Gasteiger partial charge >= 0.3 is 5.97 Å². The molecule has 1 aromatic heterocycles. The molecule has 0 spiro atoms. The second-order valence-corrected chi connectivity index (χ2v) is 7.23. The van der Waals surface area contributed by atoms with E-state index < -0.39 is 17.6 Å². The van der Waals surface area contributed by atoms with Crippen LogP contribution < -0.4 is 4.74 Å². The van der Waals surface area contributed by atoms with Gasteiger partial charge in [-0.05, 0) is 31.3 Å². The summed E-state index contributed by atoms with van der Waals surface area (Å²) in [6.45, 7) is 3.15. The van der Waals surface area contributed by atoms with E-state index >= 15 is 4.39 Å². The first-order valence-electron chi connectivity index (χ1n) is 9.61. The van der Waals surface area contributed by atoms with E-state index in [9.17, 15) is 9.18 Å². The molecule has 1 unspecified atom stereocenters. The van der Waals surface area contributed by atoms with Gasteiger partial charge in [-0.2, -0.15) is 0 Å². The highest BCUT2D eigenvalue weighted by Gasteiger charge is 2.44. The molecule has 0 radical (unpaired) electrons. The highest BCUT2D eigenvalue weighted by Crippen LogP contribution is 2.40. The number of carboxylic acid groups (broad SMARTS) is 1. The van der Waals surface area contributed by atoms with Gasteiger partial charge in [0.25, 0.3) is 0 Å². The average Bonchev–Trinajstić information content (AvgIpc) is 2.69. The van der Waals surface area contributed by atoms with Gasteiger partial charge in [-0.15, -0.1) is 0 Å². The van der Waals surface area contributed by atoms with Gasteiger partial charge in [-0.3, -0.25) is 14.7 Å². The summed E-state index contributed by atoms with van der Waals surface area (Å²) in [7, 11) is 0. The highest BCUT2D eigenvalue weighted by atomic mass is 19.2. The molecule has 1 N–H and O–H groups in total. The maximum Gasteiger partial charge on any atom is 0.303 e. The number of allylic oxidation sites excluding steroid dienone is 2. The number of ether oxygens (including phenoxy) is 1. The van der Waals surface area contributed by atoms with Crippen LogP contribution in [0, 0.1) is 5.92 Å². The van der Waals surface area contributed by atoms with E-state index in [1.807, 2.05) is 6.92 Å². The lowest BCUT2D eigenvalue weighted by Gasteiger charge is -2.41. The van der Waals surface area contributed by atoms with Gasteiger partial charge in [0.2, 0.25) is 11.7 Å². The van der Waals surface area contributed by atoms with E-state index in [2.05, 4.69) is 9.97 Å². The van der Waals surface area contributed by atoms with Crippen molar-refractivity contribution in [3.8, 4) is 5.88 Å². The van der Waals surface area contributed by atoms with Gasteiger partial charge in [0.15, 0.2) is 5.83 Å². The van der Waals surface area contributed by atoms with E-state index in [4.69, 9.17) is 9.84 Å². The maximum absolute atomic E-state index is 15.4. The molecule has 0 saturated carbocycles. The Balaban J connectivity index is 1.68. The molecule has 1 aliphatic carbocycles. The summed E-state index contributed by atoms with van der Waals surface area (Å²) in [4.78, 5) is 20.7. The predicted molar refractivity (Wildman–Crippen MR) is 100.0 cm³/mol. The van der Waals surface area contributed by atoms with Crippen molar-refractivity contribution >= 4 is 11.5 Å². The lowest BCUT2D eigenvalue weighted by atomic mass is 9.90. The largest absolute Gasteiger partial charge is 0.481 e. The average molecular weight is 393 g/mol. The molecule has 152 valence electrons. The fourth-order valence-corrected chi connectivity index (χ4v) is 3.61. The zero-order valence-corrected chi connectivity index (χ0v) is 15.9. The van der Waals surface area contributed by atoms with E-state index in [0.717, 1.165) is 6.42 Å². The lowest BCUT2D eigenvalue weighted by Crippen LogP contribution is -2.50. The van der Waals surface area contributed by atoms with Crippen LogP contribution in [0.3, 0.4) is 0 Å². The second-order valence-electron chi connectivity index (χ2n) is 7.23. The van der Waals surface area contributed by atoms with Crippen molar-refractivity contribution in [2.45, 2.75) is 44.8 Å². The van der Waals surface area contributed by atoms with Crippen molar-refractivity contribution in [1.82, 2.24) is 14.9 Å². The minimum Gasteiger partial charge on any atom is -0.481 e. The maximum atomic E-state index is 15.4. The number of rotatable bonds is 7. The first-order valence-corrected chi connectivity index (χ1v) is 9.61. The molecule has 1 aromatic rings. The minimum absolute atomic E-state index is 0.0141. The standard InChI is InChI=1S/C20H25F2N3O3/c1-2-9-28-18-13-23-12-16(24-18)15-3-6-20(22,17(21)11-15)25-7-4-14(5-8-25)10-19(26)27/h3,11-14H,2,4-10H2,1H3,(H,26,27). The van der Waals surface area contributed by atoms with Gasteiger partial charge in [0, 0.05) is 31.5 Å². The zero-order chi connectivity index (χ0) is 20.1. The van der Waals surface area contributed by atoms with Crippen molar-refractivity contribution in [2.24, 2.45) is 5.92 Å². The third kappa shape index (κ3) is 4.55. The monoisotopic (exact) mass is 393 g/mol. The van der Waals surface area contributed by atoms with Crippen LogP contribution in [0.5, 0.6) is 5.88 Å². The molecular weight excluding hydrogens is 368 g/mol. The summed E-state index contributed by atoms with van der Waals surface area (Å²) in [5.41, 5.74) is 0.909. The summed E-state index contributed by atoms with van der Waals surface area (Å²) < 4.78 is 35.7. The number of carbonyl (C=O) groups is 1. The minimum atomic E-state index is -2.19. The number of piperidine rings is 1. The molecule has 1 saturated heterocycles. The molecule has 1 atom stereocenters. The molecule has 1 fully saturated rings. The number of hydrogen-bond acceptors (Lipinski definition) is 5. The van der Waals surface area contributed by atoms with Gasteiger partial charge < -0.3 is 9.84 Å². The number of aromatic nitrogens is 2. The molecule has 0 bridgehead atoms. The van der Waals surface area contributed by atoms with E-state index in [0.29, 0.717) is 49.7 Å². The van der Waals surface area contributed by atoms with Crippen LogP contribution in [0.15, 0.2) is 30.4 Å². The number of halogens is 2. The van der Waals surface area contributed by atoms with Crippen LogP contribution in [-0.4, -0.2) is 51.4 Å². The SMILES string of the molecule is CCCOc1cncc(C2=CCC(F)(N3CCC(CC(=O)O)CC3)C(F)=C2)n1. The highest BCUT2D eigenvalue weighted by molar-refractivity contribution is 5.73. The molecular formula is C20H25F2N3O3. The predicted octanol–water partition coefficient (Wildman–Crippen LogP) is 3.76. The Morgan fingerprint density at radius 2 is 2.14 bits per heavy atom. The smallest absolute Gasteiger partial charge is 0.303 e. The molecule has 3 rings (SSSR count). The Bertz CT molecular complexity index is 776. The Morgan fingerprint density at radius 1 is 1.39 bits per heavy atom. The van der Waals surface area contributed by atoms with Crippen molar-refractivity contribution in [3.63, 3.8) is 0 Å². The Labute approximate surface area is 162 Å². The second kappa shape index (κ2) is 8.77. The van der Waals surface area contributed by atoms with Crippen LogP contribution in [0.25, 0.3) is 5.57 Å². The van der Waals surface area contributed by atoms with Crippen LogP contribution in [0.2, 0.25) is 0 Å². The molecule has 0 amide bonds. The zero-order valence-electron chi connectivity index (χ0n) is 15.9. The van der Waals surface area contributed by atoms with Crippen LogP contribution >= 0.6 is 0 Å². The van der Waals surface area contributed by atoms with Gasteiger partial charge in [-0.25, -0.2) is 13.8 Å². The van der Waals surface area contributed by atoms with E-state index in [-0.39, 0.29) is 18.8 Å². The summed E-state index contributed by atoms with van der Waals surface area (Å²) in [5, 5.41) is 8.89. The normalized spacial score (nSPS) is 23.8. The molecule has 28 heavy (non-hydrogen) atoms. The van der Waals surface area contributed by atoms with Gasteiger partial charge in [0.05, 0.1) is 24.7 Å². The fraction of sp³-hybridized carbons (Fsp3) is 0.550. The third-order valence-corrected chi connectivity index (χ3v) is 5.18. The number of hydrogen-bond donors (Lipinski definition) is 1. The topological polar surface area (TPSA) is 75.5 Å². The number of likely N-dealkylation sites (tertiary alicyclic amines) is 1. The van der Waals surface area contributed by atoms with E-state index in [1.165, 1.54) is 23.4 Å². The molecule has 2 heterocycles. The Kier molecular flexibility index (Phi) is 6.39. The number of carboxylic acids is 1. The first kappa shape index (κ1) is 20.4. The van der Waals surface area contributed by atoms with Crippen molar-refractivity contribution in [3.05, 3.63) is 36.1 Å². The quantitative estimate of drug-likeness (QED) is 0.711. The lowest BCUT2D eigenvalue weighted by molar-refractivity contribution is -0.138. The van der Waals surface area contributed by atoms with Crippen molar-refractivity contribution in [1.29, 1.82) is 0 Å². The van der Waals surface area contributed by atoms with E-state index in [1.54, 1.807) is 6.08 Å². The number of nitrogens with zero attached hydrogens (tertiary/aromatic N) is 3. The summed E-state index contributed by atoms with van der Waals surface area (Å²) in [6.07, 6.45) is 7.65. The molecule has 1 aliphatic heterocycles. The summed E-state index contributed by atoms with van der Waals surface area (Å²) in [5.74, 6) is -3.53. The molecule has 6 nitrogen and oxygen atoms in total. The Hall–Kier alpha value is -2.35. The van der Waals surface area contributed by atoms with Crippen LogP contribution in [-0.2, 0) is 4.79 Å². The summed E-state index contributed by atoms with van der Waals surface area (Å²) >= 11 is 0. The van der Waals surface area contributed by atoms with Crippen LogP contribution in [0.1, 0.15) is 44.7 Å². The summed E-state index contributed by atoms with van der Waals surface area (Å²) in [6, 6.07) is 0. The third-order valence-electron chi connectivity index (χ3n) is 5.18. The van der Waals surface area contributed by atoms with Crippen molar-refractivity contribution < 1.29 is 23.4 Å². The first-order chi connectivity index (χ1) is 13.4.